The van der Waals surface area contributed by atoms with Crippen LogP contribution in [-0.4, -0.2) is 35.0 Å². The predicted molar refractivity (Wildman–Crippen MR) is 71.8 cm³/mol. The average molecular weight is 256 g/mol. The summed E-state index contributed by atoms with van der Waals surface area (Å²) >= 11 is 0. The third kappa shape index (κ3) is 4.49. The third-order valence-electron chi connectivity index (χ3n) is 2.78. The lowest BCUT2D eigenvalue weighted by atomic mass is 9.86. The number of amides is 1. The van der Waals surface area contributed by atoms with Crippen molar-refractivity contribution in [1.29, 1.82) is 5.41 Å². The Hall–Kier alpha value is -1.36. The topological polar surface area (TPSA) is 93.4 Å². The van der Waals surface area contributed by atoms with Gasteiger partial charge in [0.1, 0.15) is 5.76 Å². The number of aliphatic hydroxyl groups is 2. The molecule has 0 aliphatic rings. The summed E-state index contributed by atoms with van der Waals surface area (Å²) in [4.78, 5) is 11.6. The van der Waals surface area contributed by atoms with Gasteiger partial charge in [-0.05, 0) is 11.8 Å². The van der Waals surface area contributed by atoms with Gasteiger partial charge in [0.2, 0.25) is 0 Å². The highest BCUT2D eigenvalue weighted by molar-refractivity contribution is 6.20. The van der Waals surface area contributed by atoms with Crippen LogP contribution in [0, 0.1) is 10.8 Å². The van der Waals surface area contributed by atoms with Gasteiger partial charge in [-0.2, -0.15) is 0 Å². The Labute approximate surface area is 108 Å². The zero-order chi connectivity index (χ0) is 14.5. The molecule has 104 valence electrons. The fourth-order valence-electron chi connectivity index (χ4n) is 1.34. The van der Waals surface area contributed by atoms with Gasteiger partial charge in [0, 0.05) is 19.2 Å². The fourth-order valence-corrected chi connectivity index (χ4v) is 1.34. The third-order valence-corrected chi connectivity index (χ3v) is 2.78. The van der Waals surface area contributed by atoms with Crippen LogP contribution in [0.5, 0.6) is 0 Å². The van der Waals surface area contributed by atoms with E-state index >= 15 is 0 Å². The van der Waals surface area contributed by atoms with Crippen molar-refractivity contribution < 1.29 is 15.0 Å². The molecule has 1 atom stereocenters. The lowest BCUT2D eigenvalue weighted by Crippen LogP contribution is -2.30. The molecular weight excluding hydrogens is 232 g/mol. The van der Waals surface area contributed by atoms with Crippen molar-refractivity contribution in [2.45, 2.75) is 46.6 Å². The molecule has 1 amide bonds. The van der Waals surface area contributed by atoms with Crippen molar-refractivity contribution in [3.8, 4) is 0 Å². The molecule has 0 spiro atoms. The number of hydrogen-bond acceptors (Lipinski definition) is 4. The number of likely N-dealkylation sites (N-methyl/N-ethyl adjacent to an activating group) is 1. The Morgan fingerprint density at radius 1 is 1.39 bits per heavy atom. The highest BCUT2D eigenvalue weighted by Crippen LogP contribution is 2.25. The van der Waals surface area contributed by atoms with E-state index in [0.717, 1.165) is 0 Å². The first-order valence-electron chi connectivity index (χ1n) is 6.05. The molecule has 0 aliphatic heterocycles. The summed E-state index contributed by atoms with van der Waals surface area (Å²) in [7, 11) is 1.44. The highest BCUT2D eigenvalue weighted by Gasteiger charge is 2.26. The summed E-state index contributed by atoms with van der Waals surface area (Å²) in [5, 5.41) is 30.0. The summed E-state index contributed by atoms with van der Waals surface area (Å²) < 4.78 is 0. The molecule has 5 heteroatoms. The molecule has 0 fully saturated rings. The summed E-state index contributed by atoms with van der Waals surface area (Å²) in [5.74, 6) is -0.732. The van der Waals surface area contributed by atoms with Crippen LogP contribution in [0.2, 0.25) is 0 Å². The van der Waals surface area contributed by atoms with Gasteiger partial charge < -0.3 is 20.9 Å². The molecule has 5 nitrogen and oxygen atoms in total. The second-order valence-electron chi connectivity index (χ2n) is 5.32. The molecule has 0 aromatic rings. The zero-order valence-corrected chi connectivity index (χ0v) is 11.8. The Morgan fingerprint density at radius 3 is 2.22 bits per heavy atom. The monoisotopic (exact) mass is 256 g/mol. The fraction of sp³-hybridized carbons (Fsp3) is 0.692. The summed E-state index contributed by atoms with van der Waals surface area (Å²) in [6.07, 6.45) is -0.464. The quantitative estimate of drug-likeness (QED) is 0.343. The SMILES string of the molecule is CCC(=N)C(C(=O)NC)=C(O)CC(O)C(C)(C)C. The predicted octanol–water partition coefficient (Wildman–Crippen LogP) is 1.77. The Bertz CT molecular complexity index is 336. The molecule has 1 unspecified atom stereocenters. The van der Waals surface area contributed by atoms with E-state index in [1.807, 2.05) is 20.8 Å². The van der Waals surface area contributed by atoms with E-state index in [4.69, 9.17) is 5.41 Å². The maximum atomic E-state index is 11.6. The molecule has 0 heterocycles. The number of carbonyl (C=O) groups excluding carboxylic acids is 1. The van der Waals surface area contributed by atoms with Crippen molar-refractivity contribution in [3.63, 3.8) is 0 Å². The van der Waals surface area contributed by atoms with Gasteiger partial charge in [0.05, 0.1) is 11.7 Å². The van der Waals surface area contributed by atoms with Crippen molar-refractivity contribution in [1.82, 2.24) is 5.32 Å². The first-order valence-corrected chi connectivity index (χ1v) is 6.05. The van der Waals surface area contributed by atoms with Gasteiger partial charge in [-0.25, -0.2) is 0 Å². The number of carbonyl (C=O) groups is 1. The Balaban J connectivity index is 5.23. The molecule has 18 heavy (non-hydrogen) atoms. The molecule has 0 aromatic heterocycles. The van der Waals surface area contributed by atoms with Gasteiger partial charge in [-0.1, -0.05) is 27.7 Å². The first-order chi connectivity index (χ1) is 8.15. The number of hydrogen-bond donors (Lipinski definition) is 4. The molecule has 4 N–H and O–H groups in total. The zero-order valence-electron chi connectivity index (χ0n) is 11.8. The lowest BCUT2D eigenvalue weighted by Gasteiger charge is -2.26. The smallest absolute Gasteiger partial charge is 0.256 e. The van der Waals surface area contributed by atoms with Gasteiger partial charge in [-0.3, -0.25) is 4.79 Å². The number of rotatable bonds is 5. The summed E-state index contributed by atoms with van der Waals surface area (Å²) in [5.41, 5.74) is -0.368. The first kappa shape index (κ1) is 16.6. The van der Waals surface area contributed by atoms with Crippen LogP contribution in [0.1, 0.15) is 40.5 Å². The number of aliphatic hydroxyl groups excluding tert-OH is 2. The minimum Gasteiger partial charge on any atom is -0.511 e. The van der Waals surface area contributed by atoms with Gasteiger partial charge >= 0.3 is 0 Å². The molecule has 0 aliphatic carbocycles. The van der Waals surface area contributed by atoms with E-state index in [1.54, 1.807) is 6.92 Å². The minimum absolute atomic E-state index is 0.0331. The summed E-state index contributed by atoms with van der Waals surface area (Å²) in [6, 6.07) is 0. The van der Waals surface area contributed by atoms with Crippen LogP contribution < -0.4 is 5.32 Å². The van der Waals surface area contributed by atoms with Crippen LogP contribution in [-0.2, 0) is 4.79 Å². The van der Waals surface area contributed by atoms with Gasteiger partial charge in [-0.15, -0.1) is 0 Å². The highest BCUT2D eigenvalue weighted by atomic mass is 16.3. The van der Waals surface area contributed by atoms with Crippen molar-refractivity contribution in [2.75, 3.05) is 7.05 Å². The molecule has 0 aromatic carbocycles. The minimum atomic E-state index is -0.776. The maximum absolute atomic E-state index is 11.6. The lowest BCUT2D eigenvalue weighted by molar-refractivity contribution is -0.116. The molecule has 0 radical (unpaired) electrons. The van der Waals surface area contributed by atoms with E-state index < -0.39 is 17.4 Å². The normalized spacial score (nSPS) is 14.8. The van der Waals surface area contributed by atoms with E-state index in [9.17, 15) is 15.0 Å². The number of nitrogens with one attached hydrogen (secondary N) is 2. The van der Waals surface area contributed by atoms with Crippen LogP contribution in [0.15, 0.2) is 11.3 Å². The van der Waals surface area contributed by atoms with Gasteiger partial charge in [0.25, 0.3) is 5.91 Å². The Morgan fingerprint density at radius 2 is 1.89 bits per heavy atom. The van der Waals surface area contributed by atoms with Crippen LogP contribution in [0.4, 0.5) is 0 Å². The maximum Gasteiger partial charge on any atom is 0.256 e. The van der Waals surface area contributed by atoms with Gasteiger partial charge in [0.15, 0.2) is 0 Å². The van der Waals surface area contributed by atoms with Crippen molar-refractivity contribution in [3.05, 3.63) is 11.3 Å². The van der Waals surface area contributed by atoms with E-state index in [-0.39, 0.29) is 23.5 Å². The molecule has 0 saturated carbocycles. The standard InChI is InChI=1S/C13H24N2O3/c1-6-8(14)11(12(18)15-5)9(16)7-10(17)13(2,3)4/h10,14,16-17H,6-7H2,1-5H3,(H,15,18). The van der Waals surface area contributed by atoms with Crippen molar-refractivity contribution in [2.24, 2.45) is 5.41 Å². The van der Waals surface area contributed by atoms with Crippen LogP contribution in [0.3, 0.4) is 0 Å². The molecule has 0 rings (SSSR count). The molecule has 0 saturated heterocycles. The molecular formula is C13H24N2O3. The second kappa shape index (κ2) is 6.54. The van der Waals surface area contributed by atoms with E-state index in [1.165, 1.54) is 7.05 Å². The van der Waals surface area contributed by atoms with Crippen LogP contribution >= 0.6 is 0 Å². The Kier molecular flexibility index (Phi) is 6.05. The van der Waals surface area contributed by atoms with Crippen LogP contribution in [0.25, 0.3) is 0 Å². The van der Waals surface area contributed by atoms with E-state index in [0.29, 0.717) is 6.42 Å². The average Bonchev–Trinajstić information content (AvgIpc) is 2.27. The van der Waals surface area contributed by atoms with Crippen molar-refractivity contribution >= 4 is 11.6 Å². The summed E-state index contributed by atoms with van der Waals surface area (Å²) in [6.45, 7) is 7.26. The van der Waals surface area contributed by atoms with E-state index in [2.05, 4.69) is 5.32 Å². The largest absolute Gasteiger partial charge is 0.511 e. The molecule has 0 bridgehead atoms. The second-order valence-corrected chi connectivity index (χ2v) is 5.32.